The van der Waals surface area contributed by atoms with Crippen LogP contribution in [0.4, 0.5) is 14.5 Å². The van der Waals surface area contributed by atoms with Gasteiger partial charge in [0.1, 0.15) is 24.2 Å². The number of rotatable bonds is 11. The van der Waals surface area contributed by atoms with Crippen LogP contribution < -0.4 is 9.62 Å². The third-order valence-electron chi connectivity index (χ3n) is 7.04. The van der Waals surface area contributed by atoms with Gasteiger partial charge in [0, 0.05) is 19.0 Å². The first-order chi connectivity index (χ1) is 19.1. The fourth-order valence-electron chi connectivity index (χ4n) is 4.96. The molecule has 1 aliphatic rings. The van der Waals surface area contributed by atoms with Crippen molar-refractivity contribution in [2.24, 2.45) is 0 Å². The summed E-state index contributed by atoms with van der Waals surface area (Å²) in [6.07, 6.45) is 4.74. The number of carbonyl (C=O) groups is 2. The van der Waals surface area contributed by atoms with Crippen LogP contribution in [0.5, 0.6) is 0 Å². The molecular weight excluding hydrogens is 536 g/mol. The third-order valence-corrected chi connectivity index (χ3v) is 8.17. The minimum absolute atomic E-state index is 0.0144. The van der Waals surface area contributed by atoms with Crippen molar-refractivity contribution in [1.82, 2.24) is 10.2 Å². The van der Waals surface area contributed by atoms with Crippen LogP contribution in [0.1, 0.15) is 36.8 Å². The summed E-state index contributed by atoms with van der Waals surface area (Å²) in [5, 5.41) is 3.07. The van der Waals surface area contributed by atoms with E-state index in [0.717, 1.165) is 43.6 Å². The standard InChI is InChI=1S/C30H33F2N3O4S/c1-40(38,39)35(27-14-8-7-13-26(27)32)21-29(36)34(20-23-15-17-24(31)18-16-23)28(19-22-9-3-2-4-10-22)30(37)33-25-11-5-6-12-25/h2-4,7-10,13-18,25,28H,5-6,11-12,19-21H2,1H3,(H,33,37). The molecule has 0 saturated heterocycles. The summed E-state index contributed by atoms with van der Waals surface area (Å²) in [5.41, 5.74) is 1.09. The number of nitrogens with zero attached hydrogens (tertiary/aromatic N) is 2. The number of halogens is 2. The molecule has 0 bridgehead atoms. The monoisotopic (exact) mass is 569 g/mol. The predicted octanol–water partition coefficient (Wildman–Crippen LogP) is 4.43. The molecular formula is C30H33F2N3O4S. The minimum atomic E-state index is -4.08. The van der Waals surface area contributed by atoms with Gasteiger partial charge in [-0.2, -0.15) is 0 Å². The second-order valence-electron chi connectivity index (χ2n) is 10.1. The lowest BCUT2D eigenvalue weighted by atomic mass is 10.0. The number of benzene rings is 3. The Morgan fingerprint density at radius 2 is 1.52 bits per heavy atom. The Kier molecular flexibility index (Phi) is 9.52. The highest BCUT2D eigenvalue weighted by Gasteiger charge is 2.34. The molecule has 0 aromatic heterocycles. The Morgan fingerprint density at radius 3 is 2.15 bits per heavy atom. The number of hydrogen-bond donors (Lipinski definition) is 1. The lowest BCUT2D eigenvalue weighted by molar-refractivity contribution is -0.140. The summed E-state index contributed by atoms with van der Waals surface area (Å²) < 4.78 is 54.5. The smallest absolute Gasteiger partial charge is 0.244 e. The number of anilines is 1. The van der Waals surface area contributed by atoms with Crippen LogP contribution in [0, 0.1) is 11.6 Å². The van der Waals surface area contributed by atoms with Gasteiger partial charge in [-0.05, 0) is 48.2 Å². The summed E-state index contributed by atoms with van der Waals surface area (Å²) >= 11 is 0. The number of nitrogens with one attached hydrogen (secondary N) is 1. The quantitative estimate of drug-likeness (QED) is 0.370. The lowest BCUT2D eigenvalue weighted by Crippen LogP contribution is -2.54. The number of amides is 2. The zero-order valence-corrected chi connectivity index (χ0v) is 23.1. The molecule has 1 aliphatic carbocycles. The average molecular weight is 570 g/mol. The summed E-state index contributed by atoms with van der Waals surface area (Å²) in [5.74, 6) is -2.31. The first kappa shape index (κ1) is 29.2. The van der Waals surface area contributed by atoms with E-state index in [1.165, 1.54) is 47.4 Å². The highest BCUT2D eigenvalue weighted by atomic mass is 32.2. The highest BCUT2D eigenvalue weighted by molar-refractivity contribution is 7.92. The van der Waals surface area contributed by atoms with Crippen molar-refractivity contribution < 1.29 is 26.8 Å². The Balaban J connectivity index is 1.72. The van der Waals surface area contributed by atoms with Gasteiger partial charge in [-0.1, -0.05) is 67.4 Å². The summed E-state index contributed by atoms with van der Waals surface area (Å²) in [6.45, 7) is -0.799. The van der Waals surface area contributed by atoms with Crippen LogP contribution in [0.15, 0.2) is 78.9 Å². The molecule has 3 aromatic carbocycles. The van der Waals surface area contributed by atoms with Crippen molar-refractivity contribution in [2.75, 3.05) is 17.1 Å². The number of sulfonamides is 1. The van der Waals surface area contributed by atoms with Crippen LogP contribution in [-0.2, 0) is 32.6 Å². The first-order valence-corrected chi connectivity index (χ1v) is 15.1. The Hall–Kier alpha value is -3.79. The van der Waals surface area contributed by atoms with Crippen LogP contribution in [0.2, 0.25) is 0 Å². The molecule has 0 aliphatic heterocycles. The van der Waals surface area contributed by atoms with E-state index in [-0.39, 0.29) is 30.6 Å². The van der Waals surface area contributed by atoms with Gasteiger partial charge in [0.25, 0.3) is 0 Å². The van der Waals surface area contributed by atoms with E-state index in [1.54, 1.807) is 0 Å². The second-order valence-corrected chi connectivity index (χ2v) is 12.0. The Labute approximate surface area is 233 Å². The highest BCUT2D eigenvalue weighted by Crippen LogP contribution is 2.24. The molecule has 0 spiro atoms. The number of hydrogen-bond acceptors (Lipinski definition) is 4. The van der Waals surface area contributed by atoms with E-state index in [2.05, 4.69) is 5.32 Å². The van der Waals surface area contributed by atoms with Crippen molar-refractivity contribution >= 4 is 27.5 Å². The van der Waals surface area contributed by atoms with E-state index >= 15 is 0 Å². The van der Waals surface area contributed by atoms with E-state index in [9.17, 15) is 26.8 Å². The fourth-order valence-corrected chi connectivity index (χ4v) is 5.81. The largest absolute Gasteiger partial charge is 0.352 e. The van der Waals surface area contributed by atoms with Gasteiger partial charge >= 0.3 is 0 Å². The molecule has 212 valence electrons. The summed E-state index contributed by atoms with van der Waals surface area (Å²) in [4.78, 5) is 29.0. The maximum absolute atomic E-state index is 14.7. The SMILES string of the molecule is CS(=O)(=O)N(CC(=O)N(Cc1ccc(F)cc1)C(Cc1ccccc1)C(=O)NC1CCCC1)c1ccccc1F. The molecule has 2 amide bonds. The van der Waals surface area contributed by atoms with Crippen molar-refractivity contribution in [3.8, 4) is 0 Å². The molecule has 3 aromatic rings. The van der Waals surface area contributed by atoms with Gasteiger partial charge in [-0.25, -0.2) is 17.2 Å². The number of para-hydroxylation sites is 1. The van der Waals surface area contributed by atoms with Crippen molar-refractivity contribution in [1.29, 1.82) is 0 Å². The molecule has 0 radical (unpaired) electrons. The molecule has 10 heteroatoms. The zero-order valence-electron chi connectivity index (χ0n) is 22.3. The molecule has 1 fully saturated rings. The van der Waals surface area contributed by atoms with Gasteiger partial charge in [-0.15, -0.1) is 0 Å². The second kappa shape index (κ2) is 13.0. The lowest BCUT2D eigenvalue weighted by Gasteiger charge is -2.34. The number of carbonyl (C=O) groups excluding carboxylic acids is 2. The van der Waals surface area contributed by atoms with Gasteiger partial charge < -0.3 is 10.2 Å². The molecule has 0 heterocycles. The summed E-state index contributed by atoms with van der Waals surface area (Å²) in [6, 6.07) is 19.0. The maximum atomic E-state index is 14.7. The van der Waals surface area contributed by atoms with Gasteiger partial charge in [0.05, 0.1) is 11.9 Å². The van der Waals surface area contributed by atoms with Gasteiger partial charge in [-0.3, -0.25) is 13.9 Å². The predicted molar refractivity (Wildman–Crippen MR) is 150 cm³/mol. The summed E-state index contributed by atoms with van der Waals surface area (Å²) in [7, 11) is -4.08. The van der Waals surface area contributed by atoms with E-state index in [1.807, 2.05) is 30.3 Å². The van der Waals surface area contributed by atoms with Crippen LogP contribution >= 0.6 is 0 Å². The Morgan fingerprint density at radius 1 is 0.900 bits per heavy atom. The van der Waals surface area contributed by atoms with Crippen LogP contribution in [-0.4, -0.2) is 50.0 Å². The van der Waals surface area contributed by atoms with E-state index in [4.69, 9.17) is 0 Å². The van der Waals surface area contributed by atoms with E-state index in [0.29, 0.717) is 9.87 Å². The van der Waals surface area contributed by atoms with Crippen LogP contribution in [0.25, 0.3) is 0 Å². The van der Waals surface area contributed by atoms with E-state index < -0.39 is 40.2 Å². The van der Waals surface area contributed by atoms with Crippen molar-refractivity contribution in [3.05, 3.63) is 102 Å². The van der Waals surface area contributed by atoms with Gasteiger partial charge in [0.15, 0.2) is 0 Å². The fraction of sp³-hybridized carbons (Fsp3) is 0.333. The molecule has 7 nitrogen and oxygen atoms in total. The Bertz CT molecular complexity index is 1410. The van der Waals surface area contributed by atoms with Gasteiger partial charge in [0.2, 0.25) is 21.8 Å². The normalized spacial score (nSPS) is 14.5. The molecule has 1 atom stereocenters. The molecule has 1 saturated carbocycles. The van der Waals surface area contributed by atoms with Crippen molar-refractivity contribution in [2.45, 2.75) is 50.7 Å². The topological polar surface area (TPSA) is 86.8 Å². The maximum Gasteiger partial charge on any atom is 0.244 e. The molecule has 1 N–H and O–H groups in total. The minimum Gasteiger partial charge on any atom is -0.352 e. The first-order valence-electron chi connectivity index (χ1n) is 13.2. The third kappa shape index (κ3) is 7.65. The molecule has 40 heavy (non-hydrogen) atoms. The molecule has 4 rings (SSSR count). The average Bonchev–Trinajstić information content (AvgIpc) is 3.43. The van der Waals surface area contributed by atoms with Crippen LogP contribution in [0.3, 0.4) is 0 Å². The zero-order chi connectivity index (χ0) is 28.7. The van der Waals surface area contributed by atoms with Crippen molar-refractivity contribution in [3.63, 3.8) is 0 Å². The molecule has 1 unspecified atom stereocenters.